The van der Waals surface area contributed by atoms with Crippen molar-refractivity contribution in [3.8, 4) is 11.5 Å². The lowest BCUT2D eigenvalue weighted by Gasteiger charge is -2.15. The van der Waals surface area contributed by atoms with Gasteiger partial charge in [-0.3, -0.25) is 0 Å². The quantitative estimate of drug-likeness (QED) is 0.917. The van der Waals surface area contributed by atoms with Crippen LogP contribution in [-0.2, 0) is 0 Å². The summed E-state index contributed by atoms with van der Waals surface area (Å²) in [5.74, 6) is 1.53. The molecule has 1 rings (SSSR count). The van der Waals surface area contributed by atoms with Crippen molar-refractivity contribution in [1.82, 2.24) is 0 Å². The monoisotopic (exact) mass is 274 g/mol. The Hall–Kier alpha value is -0.740. The van der Waals surface area contributed by atoms with E-state index in [-0.39, 0.29) is 12.5 Å². The van der Waals surface area contributed by atoms with Crippen LogP contribution in [0.1, 0.15) is 18.4 Å². The normalized spacial score (nSPS) is 12.3. The van der Waals surface area contributed by atoms with Gasteiger partial charge in [0.05, 0.1) is 18.7 Å². The van der Waals surface area contributed by atoms with Crippen LogP contribution >= 0.6 is 15.9 Å². The minimum atomic E-state index is 0.0296. The minimum Gasteiger partial charge on any atom is -0.496 e. The second kappa shape index (κ2) is 5.37. The molecule has 1 N–H and O–H groups in total. The average Bonchev–Trinajstić information content (AvgIpc) is 2.27. The van der Waals surface area contributed by atoms with Crippen molar-refractivity contribution in [3.05, 3.63) is 22.2 Å². The predicted molar refractivity (Wildman–Crippen MR) is 62.7 cm³/mol. The first-order valence-corrected chi connectivity index (χ1v) is 5.45. The zero-order chi connectivity index (χ0) is 11.4. The number of aliphatic hydroxyl groups excluding tert-OH is 1. The summed E-state index contributed by atoms with van der Waals surface area (Å²) in [6, 6.07) is 3.73. The van der Waals surface area contributed by atoms with E-state index in [1.807, 2.05) is 19.1 Å². The van der Waals surface area contributed by atoms with Gasteiger partial charge in [-0.15, -0.1) is 0 Å². The van der Waals surface area contributed by atoms with Crippen molar-refractivity contribution in [3.63, 3.8) is 0 Å². The number of ether oxygens (including phenoxy) is 2. The Morgan fingerprint density at radius 2 is 1.87 bits per heavy atom. The van der Waals surface area contributed by atoms with Gasteiger partial charge in [-0.05, 0) is 28.1 Å². The van der Waals surface area contributed by atoms with Crippen LogP contribution < -0.4 is 9.47 Å². The first-order valence-electron chi connectivity index (χ1n) is 4.66. The fourth-order valence-electron chi connectivity index (χ4n) is 1.37. The molecular weight excluding hydrogens is 260 g/mol. The summed E-state index contributed by atoms with van der Waals surface area (Å²) >= 11 is 3.39. The van der Waals surface area contributed by atoms with Crippen molar-refractivity contribution < 1.29 is 14.6 Å². The lowest BCUT2D eigenvalue weighted by Crippen LogP contribution is -2.02. The van der Waals surface area contributed by atoms with Gasteiger partial charge in [0.15, 0.2) is 0 Å². The topological polar surface area (TPSA) is 38.7 Å². The Labute approximate surface area is 98.1 Å². The van der Waals surface area contributed by atoms with Crippen LogP contribution in [0.3, 0.4) is 0 Å². The molecule has 0 amide bonds. The zero-order valence-corrected chi connectivity index (χ0v) is 10.7. The van der Waals surface area contributed by atoms with Crippen LogP contribution in [0.25, 0.3) is 0 Å². The number of hydrogen-bond donors (Lipinski definition) is 1. The van der Waals surface area contributed by atoms with Gasteiger partial charge in [0.25, 0.3) is 0 Å². The van der Waals surface area contributed by atoms with E-state index in [0.29, 0.717) is 0 Å². The lowest BCUT2D eigenvalue weighted by molar-refractivity contribution is 0.269. The highest BCUT2D eigenvalue weighted by Gasteiger charge is 2.14. The van der Waals surface area contributed by atoms with Crippen LogP contribution in [0.15, 0.2) is 16.6 Å². The van der Waals surface area contributed by atoms with Gasteiger partial charge >= 0.3 is 0 Å². The van der Waals surface area contributed by atoms with Gasteiger partial charge < -0.3 is 14.6 Å². The van der Waals surface area contributed by atoms with Crippen LogP contribution in [0.2, 0.25) is 0 Å². The number of halogens is 1. The van der Waals surface area contributed by atoms with Gasteiger partial charge in [0, 0.05) is 18.1 Å². The number of aliphatic hydroxyl groups is 1. The molecule has 4 heteroatoms. The molecule has 15 heavy (non-hydrogen) atoms. The van der Waals surface area contributed by atoms with Crippen molar-refractivity contribution in [2.24, 2.45) is 0 Å². The van der Waals surface area contributed by atoms with Crippen molar-refractivity contribution in [2.45, 2.75) is 12.8 Å². The maximum absolute atomic E-state index is 9.13. The average molecular weight is 275 g/mol. The third-order valence-corrected chi connectivity index (χ3v) is 2.93. The molecule has 0 aliphatic carbocycles. The number of hydrogen-bond acceptors (Lipinski definition) is 3. The van der Waals surface area contributed by atoms with Gasteiger partial charge in [0.1, 0.15) is 11.5 Å². The molecule has 84 valence electrons. The molecule has 0 aliphatic rings. The molecular formula is C11H15BrO3. The summed E-state index contributed by atoms with van der Waals surface area (Å²) in [7, 11) is 3.22. The van der Waals surface area contributed by atoms with E-state index in [1.54, 1.807) is 14.2 Å². The molecule has 1 unspecified atom stereocenters. The highest BCUT2D eigenvalue weighted by molar-refractivity contribution is 9.10. The molecule has 3 nitrogen and oxygen atoms in total. The fraction of sp³-hybridized carbons (Fsp3) is 0.455. The van der Waals surface area contributed by atoms with Gasteiger partial charge in [0.2, 0.25) is 0 Å². The summed E-state index contributed by atoms with van der Waals surface area (Å²) in [6.45, 7) is 2.02. The van der Waals surface area contributed by atoms with E-state index >= 15 is 0 Å². The molecule has 1 atom stereocenters. The molecule has 0 radical (unpaired) electrons. The van der Waals surface area contributed by atoms with Crippen LogP contribution in [0.4, 0.5) is 0 Å². The lowest BCUT2D eigenvalue weighted by atomic mass is 10.0. The van der Waals surface area contributed by atoms with Gasteiger partial charge in [-0.1, -0.05) is 6.92 Å². The third-order valence-electron chi connectivity index (χ3n) is 2.31. The Morgan fingerprint density at radius 3 is 2.33 bits per heavy atom. The Morgan fingerprint density at radius 1 is 1.27 bits per heavy atom. The highest BCUT2D eigenvalue weighted by atomic mass is 79.9. The number of methoxy groups -OCH3 is 2. The molecule has 0 saturated heterocycles. The van der Waals surface area contributed by atoms with E-state index in [1.165, 1.54) is 0 Å². The zero-order valence-electron chi connectivity index (χ0n) is 9.08. The maximum Gasteiger partial charge on any atom is 0.133 e. The first-order chi connectivity index (χ1) is 7.13. The predicted octanol–water partition coefficient (Wildman–Crippen LogP) is 2.56. The number of rotatable bonds is 4. The fourth-order valence-corrected chi connectivity index (χ4v) is 1.85. The Bertz CT molecular complexity index is 339. The summed E-state index contributed by atoms with van der Waals surface area (Å²) in [6.07, 6.45) is 0. The second-order valence-corrected chi connectivity index (χ2v) is 4.17. The van der Waals surface area contributed by atoms with Crippen molar-refractivity contribution in [2.75, 3.05) is 20.8 Å². The minimum absolute atomic E-state index is 0.0296. The van der Waals surface area contributed by atoms with E-state index in [2.05, 4.69) is 15.9 Å². The molecule has 0 heterocycles. The standard InChI is InChI=1S/C11H15BrO3/c1-7(6-13)8-4-11(15-3)9(12)5-10(8)14-2/h4-5,7,13H,6H2,1-3H3. The summed E-state index contributed by atoms with van der Waals surface area (Å²) in [4.78, 5) is 0. The van der Waals surface area contributed by atoms with Gasteiger partial charge in [-0.2, -0.15) is 0 Å². The van der Waals surface area contributed by atoms with E-state index in [0.717, 1.165) is 21.5 Å². The first kappa shape index (κ1) is 12.3. The molecule has 0 aliphatic heterocycles. The van der Waals surface area contributed by atoms with Crippen molar-refractivity contribution in [1.29, 1.82) is 0 Å². The Balaban J connectivity index is 3.22. The number of benzene rings is 1. The highest BCUT2D eigenvalue weighted by Crippen LogP contribution is 2.36. The molecule has 0 spiro atoms. The summed E-state index contributed by atoms with van der Waals surface area (Å²) in [5.41, 5.74) is 0.944. The molecule has 1 aromatic carbocycles. The van der Waals surface area contributed by atoms with Gasteiger partial charge in [-0.25, -0.2) is 0 Å². The van der Waals surface area contributed by atoms with E-state index in [9.17, 15) is 0 Å². The largest absolute Gasteiger partial charge is 0.496 e. The molecule has 0 saturated carbocycles. The summed E-state index contributed by atoms with van der Waals surface area (Å²) in [5, 5.41) is 9.13. The van der Waals surface area contributed by atoms with Crippen molar-refractivity contribution >= 4 is 15.9 Å². The van der Waals surface area contributed by atoms with E-state index < -0.39 is 0 Å². The van der Waals surface area contributed by atoms with E-state index in [4.69, 9.17) is 14.6 Å². The van der Waals surface area contributed by atoms with Crippen LogP contribution in [0, 0.1) is 0 Å². The third kappa shape index (κ3) is 2.63. The molecule has 0 bridgehead atoms. The summed E-state index contributed by atoms with van der Waals surface area (Å²) < 4.78 is 11.3. The Kier molecular flexibility index (Phi) is 4.42. The smallest absolute Gasteiger partial charge is 0.133 e. The second-order valence-electron chi connectivity index (χ2n) is 3.31. The van der Waals surface area contributed by atoms with Crippen LogP contribution in [-0.4, -0.2) is 25.9 Å². The molecule has 0 fully saturated rings. The van der Waals surface area contributed by atoms with Crippen LogP contribution in [0.5, 0.6) is 11.5 Å². The molecule has 1 aromatic rings. The molecule has 0 aromatic heterocycles. The maximum atomic E-state index is 9.13. The SMILES string of the molecule is COc1cc(C(C)CO)c(OC)cc1Br.